The van der Waals surface area contributed by atoms with E-state index in [9.17, 15) is 4.79 Å². The zero-order chi connectivity index (χ0) is 17.9. The molecule has 130 valence electrons. The summed E-state index contributed by atoms with van der Waals surface area (Å²) in [4.78, 5) is 12.7. The molecule has 3 aromatic carbocycles. The predicted octanol–water partition coefficient (Wildman–Crippen LogP) is 5.13. The molecule has 3 atom stereocenters. The standard InChI is InChI=1S/C24H23NO/c1-17-22(16-18-10-4-2-5-11-18)20-14-8-9-15-21(20)23(17)25-24(26)19-12-6-3-7-13-19/h2-15,17,22-23H,16H2,1H3,(H,25,26)/t17?,22-,23+/m1/s1. The summed E-state index contributed by atoms with van der Waals surface area (Å²) >= 11 is 0. The van der Waals surface area contributed by atoms with Gasteiger partial charge in [0.15, 0.2) is 0 Å². The zero-order valence-electron chi connectivity index (χ0n) is 14.9. The Balaban J connectivity index is 1.61. The highest BCUT2D eigenvalue weighted by atomic mass is 16.1. The summed E-state index contributed by atoms with van der Waals surface area (Å²) in [5, 5.41) is 3.28. The summed E-state index contributed by atoms with van der Waals surface area (Å²) in [6.45, 7) is 2.25. The fourth-order valence-corrected chi connectivity index (χ4v) is 4.12. The maximum Gasteiger partial charge on any atom is 0.251 e. The van der Waals surface area contributed by atoms with E-state index in [1.165, 1.54) is 16.7 Å². The Kier molecular flexibility index (Phi) is 4.57. The van der Waals surface area contributed by atoms with E-state index in [0.717, 1.165) is 6.42 Å². The smallest absolute Gasteiger partial charge is 0.251 e. The first-order valence-electron chi connectivity index (χ1n) is 9.22. The van der Waals surface area contributed by atoms with Crippen LogP contribution < -0.4 is 5.32 Å². The number of carbonyl (C=O) groups excluding carboxylic acids is 1. The van der Waals surface area contributed by atoms with Crippen LogP contribution in [0.25, 0.3) is 0 Å². The van der Waals surface area contributed by atoms with Gasteiger partial charge in [0.1, 0.15) is 0 Å². The first-order valence-corrected chi connectivity index (χ1v) is 9.22. The lowest BCUT2D eigenvalue weighted by Gasteiger charge is -2.23. The Morgan fingerprint density at radius 2 is 1.38 bits per heavy atom. The number of fused-ring (bicyclic) bond motifs is 1. The number of benzene rings is 3. The minimum atomic E-state index is -0.00221. The molecule has 0 saturated carbocycles. The molecule has 2 nitrogen and oxygen atoms in total. The van der Waals surface area contributed by atoms with Crippen LogP contribution in [0.15, 0.2) is 84.9 Å². The molecule has 0 heterocycles. The van der Waals surface area contributed by atoms with Crippen molar-refractivity contribution in [2.75, 3.05) is 0 Å². The highest BCUT2D eigenvalue weighted by Gasteiger charge is 2.38. The van der Waals surface area contributed by atoms with E-state index in [2.05, 4.69) is 66.8 Å². The van der Waals surface area contributed by atoms with Gasteiger partial charge >= 0.3 is 0 Å². The Hall–Kier alpha value is -2.87. The minimum absolute atomic E-state index is 0.00221. The van der Waals surface area contributed by atoms with Gasteiger partial charge < -0.3 is 5.32 Å². The van der Waals surface area contributed by atoms with Gasteiger partial charge in [-0.15, -0.1) is 0 Å². The van der Waals surface area contributed by atoms with Crippen LogP contribution in [-0.2, 0) is 6.42 Å². The predicted molar refractivity (Wildman–Crippen MR) is 105 cm³/mol. The summed E-state index contributed by atoms with van der Waals surface area (Å²) in [6.07, 6.45) is 0.997. The molecule has 1 amide bonds. The van der Waals surface area contributed by atoms with Gasteiger partial charge in [0, 0.05) is 5.56 Å². The van der Waals surface area contributed by atoms with Crippen molar-refractivity contribution < 1.29 is 4.79 Å². The summed E-state index contributed by atoms with van der Waals surface area (Å²) in [6, 6.07) is 28.7. The minimum Gasteiger partial charge on any atom is -0.345 e. The van der Waals surface area contributed by atoms with Crippen LogP contribution in [0.2, 0.25) is 0 Å². The second-order valence-corrected chi connectivity index (χ2v) is 7.10. The fraction of sp³-hybridized carbons (Fsp3) is 0.208. The summed E-state index contributed by atoms with van der Waals surface area (Å²) in [5.41, 5.74) is 4.67. The lowest BCUT2D eigenvalue weighted by Crippen LogP contribution is -2.31. The largest absolute Gasteiger partial charge is 0.345 e. The van der Waals surface area contributed by atoms with Gasteiger partial charge in [0.05, 0.1) is 6.04 Å². The number of rotatable bonds is 4. The number of hydrogen-bond acceptors (Lipinski definition) is 1. The average molecular weight is 341 g/mol. The van der Waals surface area contributed by atoms with Crippen LogP contribution in [-0.4, -0.2) is 5.91 Å². The van der Waals surface area contributed by atoms with Crippen LogP contribution in [0, 0.1) is 5.92 Å². The molecular formula is C24H23NO. The van der Waals surface area contributed by atoms with E-state index < -0.39 is 0 Å². The Morgan fingerprint density at radius 3 is 2.08 bits per heavy atom. The second-order valence-electron chi connectivity index (χ2n) is 7.10. The molecular weight excluding hydrogens is 318 g/mol. The monoisotopic (exact) mass is 341 g/mol. The summed E-state index contributed by atoms with van der Waals surface area (Å²) in [7, 11) is 0. The molecule has 1 N–H and O–H groups in total. The molecule has 3 aromatic rings. The lowest BCUT2D eigenvalue weighted by molar-refractivity contribution is 0.0924. The molecule has 0 fully saturated rings. The maximum atomic E-state index is 12.7. The molecule has 0 aliphatic heterocycles. The molecule has 1 unspecified atom stereocenters. The van der Waals surface area contributed by atoms with E-state index in [1.807, 2.05) is 30.3 Å². The van der Waals surface area contributed by atoms with E-state index in [1.54, 1.807) is 0 Å². The van der Waals surface area contributed by atoms with Crippen LogP contribution >= 0.6 is 0 Å². The second kappa shape index (κ2) is 7.17. The van der Waals surface area contributed by atoms with Gasteiger partial charge in [-0.25, -0.2) is 0 Å². The van der Waals surface area contributed by atoms with Gasteiger partial charge in [-0.2, -0.15) is 0 Å². The SMILES string of the molecule is CC1[C@H](NC(=O)c2ccccc2)c2ccccc2[C@@H]1Cc1ccccc1. The van der Waals surface area contributed by atoms with Crippen molar-refractivity contribution in [1.29, 1.82) is 0 Å². The molecule has 1 aliphatic rings. The van der Waals surface area contributed by atoms with Crippen LogP contribution in [0.3, 0.4) is 0 Å². The summed E-state index contributed by atoms with van der Waals surface area (Å²) < 4.78 is 0. The zero-order valence-corrected chi connectivity index (χ0v) is 14.9. The van der Waals surface area contributed by atoms with Gasteiger partial charge in [-0.1, -0.05) is 79.7 Å². The van der Waals surface area contributed by atoms with Gasteiger partial charge in [-0.05, 0) is 47.1 Å². The quantitative estimate of drug-likeness (QED) is 0.700. The van der Waals surface area contributed by atoms with Crippen molar-refractivity contribution in [2.45, 2.75) is 25.3 Å². The third-order valence-corrected chi connectivity index (χ3v) is 5.51. The first-order chi connectivity index (χ1) is 12.7. The molecule has 26 heavy (non-hydrogen) atoms. The Labute approximate surface area is 154 Å². The average Bonchev–Trinajstić information content (AvgIpc) is 2.95. The highest BCUT2D eigenvalue weighted by Crippen LogP contribution is 2.46. The fourth-order valence-electron chi connectivity index (χ4n) is 4.12. The third-order valence-electron chi connectivity index (χ3n) is 5.51. The van der Waals surface area contributed by atoms with Crippen LogP contribution in [0.5, 0.6) is 0 Å². The van der Waals surface area contributed by atoms with E-state index in [4.69, 9.17) is 0 Å². The van der Waals surface area contributed by atoms with E-state index >= 15 is 0 Å². The molecule has 0 spiro atoms. The summed E-state index contributed by atoms with van der Waals surface area (Å²) in [5.74, 6) is 0.757. The highest BCUT2D eigenvalue weighted by molar-refractivity contribution is 5.94. The van der Waals surface area contributed by atoms with Crippen molar-refractivity contribution in [1.82, 2.24) is 5.32 Å². The Morgan fingerprint density at radius 1 is 0.808 bits per heavy atom. The topological polar surface area (TPSA) is 29.1 Å². The maximum absolute atomic E-state index is 12.7. The lowest BCUT2D eigenvalue weighted by atomic mass is 9.87. The number of amides is 1. The third kappa shape index (κ3) is 3.15. The van der Waals surface area contributed by atoms with Crippen molar-refractivity contribution in [2.24, 2.45) is 5.92 Å². The molecule has 4 rings (SSSR count). The normalized spacial score (nSPS) is 21.2. The molecule has 0 aromatic heterocycles. The molecule has 0 radical (unpaired) electrons. The van der Waals surface area contributed by atoms with Crippen molar-refractivity contribution in [3.05, 3.63) is 107 Å². The van der Waals surface area contributed by atoms with Crippen LogP contribution in [0.1, 0.15) is 45.9 Å². The number of nitrogens with one attached hydrogen (secondary N) is 1. The molecule has 1 aliphatic carbocycles. The van der Waals surface area contributed by atoms with Crippen molar-refractivity contribution in [3.63, 3.8) is 0 Å². The molecule has 2 heteroatoms. The first kappa shape index (κ1) is 16.6. The van der Waals surface area contributed by atoms with Gasteiger partial charge in [0.25, 0.3) is 5.91 Å². The van der Waals surface area contributed by atoms with Crippen LogP contribution in [0.4, 0.5) is 0 Å². The van der Waals surface area contributed by atoms with E-state index in [-0.39, 0.29) is 11.9 Å². The molecule has 0 saturated heterocycles. The van der Waals surface area contributed by atoms with Gasteiger partial charge in [-0.3, -0.25) is 4.79 Å². The number of carbonyl (C=O) groups is 1. The molecule has 0 bridgehead atoms. The van der Waals surface area contributed by atoms with Gasteiger partial charge in [0.2, 0.25) is 0 Å². The number of hydrogen-bond donors (Lipinski definition) is 1. The van der Waals surface area contributed by atoms with Crippen molar-refractivity contribution >= 4 is 5.91 Å². The van der Waals surface area contributed by atoms with E-state index in [0.29, 0.717) is 17.4 Å². The Bertz CT molecular complexity index is 888. The van der Waals surface area contributed by atoms with Crippen molar-refractivity contribution in [3.8, 4) is 0 Å².